The van der Waals surface area contributed by atoms with Crippen molar-refractivity contribution >= 4 is 39.5 Å². The zero-order valence-electron chi connectivity index (χ0n) is 61.8. The summed E-state index contributed by atoms with van der Waals surface area (Å²) in [5, 5.41) is 10.6. The molecule has 0 fully saturated rings. The Morgan fingerprint density at radius 1 is 0.284 bits per heavy atom. The largest absolute Gasteiger partial charge is 0.472 e. The van der Waals surface area contributed by atoms with E-state index in [-0.39, 0.29) is 25.7 Å². The molecule has 0 saturated heterocycles. The number of aliphatic hydroxyl groups is 1. The third kappa shape index (κ3) is 70.3. The first kappa shape index (κ1) is 93.1. The van der Waals surface area contributed by atoms with Crippen molar-refractivity contribution in [3.05, 3.63) is 0 Å². The number of phosphoric acid groups is 2. The summed E-state index contributed by atoms with van der Waals surface area (Å²) >= 11 is 0. The van der Waals surface area contributed by atoms with Gasteiger partial charge in [-0.1, -0.05) is 349 Å². The smallest absolute Gasteiger partial charge is 0.462 e. The van der Waals surface area contributed by atoms with Gasteiger partial charge in [-0.15, -0.1) is 0 Å². The Labute approximate surface area is 581 Å². The molecular weight excluding hydrogens is 1250 g/mol. The Bertz CT molecular complexity index is 1820. The second-order valence-electron chi connectivity index (χ2n) is 27.9. The van der Waals surface area contributed by atoms with Crippen molar-refractivity contribution in [3.8, 4) is 0 Å². The molecule has 0 spiro atoms. The molecule has 0 rings (SSSR count). The third-order valence-corrected chi connectivity index (χ3v) is 19.7. The molecule has 0 aromatic rings. The summed E-state index contributed by atoms with van der Waals surface area (Å²) in [4.78, 5) is 72.7. The quantitative estimate of drug-likeness (QED) is 0.0222. The molecule has 0 bridgehead atoms. The highest BCUT2D eigenvalue weighted by atomic mass is 31.2. The van der Waals surface area contributed by atoms with Crippen molar-refractivity contribution in [3.63, 3.8) is 0 Å². The molecule has 5 atom stereocenters. The highest BCUT2D eigenvalue weighted by Crippen LogP contribution is 2.45. The van der Waals surface area contributed by atoms with Gasteiger partial charge in [-0.25, -0.2) is 9.13 Å². The molecule has 95 heavy (non-hydrogen) atoms. The first-order valence-electron chi connectivity index (χ1n) is 39.6. The van der Waals surface area contributed by atoms with Gasteiger partial charge in [0, 0.05) is 25.7 Å². The fourth-order valence-electron chi connectivity index (χ4n) is 11.7. The number of ether oxygens (including phenoxy) is 4. The van der Waals surface area contributed by atoms with Gasteiger partial charge in [0.25, 0.3) is 0 Å². The second-order valence-corrected chi connectivity index (χ2v) is 30.8. The van der Waals surface area contributed by atoms with Gasteiger partial charge in [-0.05, 0) is 31.6 Å². The van der Waals surface area contributed by atoms with Crippen LogP contribution in [-0.2, 0) is 65.4 Å². The molecule has 0 heterocycles. The van der Waals surface area contributed by atoms with Crippen LogP contribution < -0.4 is 0 Å². The zero-order chi connectivity index (χ0) is 69.8. The number of phosphoric ester groups is 2. The van der Waals surface area contributed by atoms with E-state index >= 15 is 0 Å². The highest BCUT2D eigenvalue weighted by Gasteiger charge is 2.30. The van der Waals surface area contributed by atoms with Gasteiger partial charge in [0.2, 0.25) is 0 Å². The summed E-state index contributed by atoms with van der Waals surface area (Å²) in [6.45, 7) is 7.27. The topological polar surface area (TPSA) is 237 Å². The van der Waals surface area contributed by atoms with Crippen molar-refractivity contribution in [2.75, 3.05) is 39.6 Å². The fraction of sp³-hybridized carbons (Fsp3) is 0.947. The van der Waals surface area contributed by atoms with Crippen LogP contribution in [0.1, 0.15) is 401 Å². The molecule has 0 aliphatic rings. The SMILES string of the molecule is CCCCCCCCCCCCCCCCCCCCCCCC(=O)O[C@H](COC(=O)CCCCCCCCCCCCCCC(C)C)COP(=O)(O)OC[C@@H](O)COP(=O)(O)OC[C@@H](COC(=O)CCCCCCCCCCC)OC(=O)CCCCCCCCCCCC. The lowest BCUT2D eigenvalue weighted by Gasteiger charge is -2.21. The summed E-state index contributed by atoms with van der Waals surface area (Å²) < 4.78 is 68.4. The minimum atomic E-state index is -4.96. The van der Waals surface area contributed by atoms with Crippen LogP contribution in [0.3, 0.4) is 0 Å². The molecule has 17 nitrogen and oxygen atoms in total. The van der Waals surface area contributed by atoms with E-state index in [0.717, 1.165) is 95.8 Å². The van der Waals surface area contributed by atoms with Crippen LogP contribution in [0, 0.1) is 5.92 Å². The van der Waals surface area contributed by atoms with E-state index in [0.29, 0.717) is 25.7 Å². The number of rotatable bonds is 76. The molecular formula is C76H148O17P2. The van der Waals surface area contributed by atoms with Crippen molar-refractivity contribution in [1.29, 1.82) is 0 Å². The lowest BCUT2D eigenvalue weighted by molar-refractivity contribution is -0.161. The van der Waals surface area contributed by atoms with Crippen LogP contribution >= 0.6 is 15.6 Å². The molecule has 3 N–H and O–H groups in total. The van der Waals surface area contributed by atoms with E-state index in [1.807, 2.05) is 0 Å². The average Bonchev–Trinajstić information content (AvgIpc) is 3.20. The maximum atomic E-state index is 13.1. The molecule has 0 aromatic heterocycles. The average molecular weight is 1400 g/mol. The molecule has 0 saturated carbocycles. The molecule has 19 heteroatoms. The van der Waals surface area contributed by atoms with Crippen molar-refractivity contribution in [2.24, 2.45) is 5.92 Å². The van der Waals surface area contributed by atoms with Gasteiger partial charge in [0.1, 0.15) is 19.3 Å². The Morgan fingerprint density at radius 2 is 0.484 bits per heavy atom. The van der Waals surface area contributed by atoms with Crippen LogP contribution in [0.15, 0.2) is 0 Å². The first-order chi connectivity index (χ1) is 46.0. The first-order valence-corrected chi connectivity index (χ1v) is 42.6. The lowest BCUT2D eigenvalue weighted by atomic mass is 10.0. The van der Waals surface area contributed by atoms with Gasteiger partial charge in [-0.2, -0.15) is 0 Å². The van der Waals surface area contributed by atoms with Crippen LogP contribution in [-0.4, -0.2) is 96.7 Å². The molecule has 0 amide bonds. The molecule has 0 radical (unpaired) electrons. The predicted molar refractivity (Wildman–Crippen MR) is 386 cm³/mol. The van der Waals surface area contributed by atoms with Gasteiger partial charge < -0.3 is 33.8 Å². The summed E-state index contributed by atoms with van der Waals surface area (Å²) in [6, 6.07) is 0. The number of aliphatic hydroxyl groups excluding tert-OH is 1. The summed E-state index contributed by atoms with van der Waals surface area (Å²) in [7, 11) is -9.90. The van der Waals surface area contributed by atoms with E-state index in [1.165, 1.54) is 225 Å². The van der Waals surface area contributed by atoms with Crippen molar-refractivity contribution in [2.45, 2.75) is 419 Å². The Morgan fingerprint density at radius 3 is 0.716 bits per heavy atom. The Hall–Kier alpha value is -1.94. The van der Waals surface area contributed by atoms with E-state index in [4.69, 9.17) is 37.0 Å². The van der Waals surface area contributed by atoms with Crippen LogP contribution in [0.4, 0.5) is 0 Å². The molecule has 0 aliphatic heterocycles. The summed E-state index contributed by atoms with van der Waals surface area (Å²) in [6.07, 6.45) is 58.4. The van der Waals surface area contributed by atoms with Gasteiger partial charge >= 0.3 is 39.5 Å². The van der Waals surface area contributed by atoms with E-state index < -0.39 is 97.5 Å². The van der Waals surface area contributed by atoms with Crippen LogP contribution in [0.25, 0.3) is 0 Å². The van der Waals surface area contributed by atoms with E-state index in [1.54, 1.807) is 0 Å². The summed E-state index contributed by atoms with van der Waals surface area (Å²) in [5.74, 6) is -1.33. The molecule has 0 aliphatic carbocycles. The predicted octanol–water partition coefficient (Wildman–Crippen LogP) is 22.5. The van der Waals surface area contributed by atoms with Gasteiger partial charge in [0.15, 0.2) is 12.2 Å². The van der Waals surface area contributed by atoms with Gasteiger partial charge in [0.05, 0.1) is 26.4 Å². The number of hydrogen-bond acceptors (Lipinski definition) is 15. The van der Waals surface area contributed by atoms with E-state index in [2.05, 4.69) is 34.6 Å². The van der Waals surface area contributed by atoms with Gasteiger partial charge in [-0.3, -0.25) is 37.3 Å². The monoisotopic (exact) mass is 1400 g/mol. The number of esters is 4. The molecule has 564 valence electrons. The summed E-state index contributed by atoms with van der Waals surface area (Å²) in [5.41, 5.74) is 0. The standard InChI is InChI=1S/C76H148O17P2/c1-6-9-12-15-18-21-23-24-25-26-27-28-29-30-31-32-37-42-47-52-57-62-76(81)93-72(66-87-74(79)60-55-50-45-41-36-34-33-35-39-43-48-53-58-69(4)5)68-91-95(84,85)89-64-70(77)63-88-94(82,83)90-67-71(65-86-73(78)59-54-49-44-38-20-17-14-11-8-3)92-75(80)61-56-51-46-40-22-19-16-13-10-7-2/h69-72,77H,6-68H2,1-5H3,(H,82,83)(H,84,85)/t70-,71+,72+/m0/s1. The third-order valence-electron chi connectivity index (χ3n) is 17.8. The van der Waals surface area contributed by atoms with E-state index in [9.17, 15) is 43.2 Å². The minimum absolute atomic E-state index is 0.107. The minimum Gasteiger partial charge on any atom is -0.462 e. The molecule has 0 aromatic carbocycles. The number of carbonyl (C=O) groups is 4. The fourth-order valence-corrected chi connectivity index (χ4v) is 13.3. The second kappa shape index (κ2) is 69.2. The maximum absolute atomic E-state index is 13.1. The normalized spacial score (nSPS) is 13.9. The Kier molecular flexibility index (Phi) is 67.7. The lowest BCUT2D eigenvalue weighted by Crippen LogP contribution is -2.30. The van der Waals surface area contributed by atoms with Crippen LogP contribution in [0.5, 0.6) is 0 Å². The molecule has 2 unspecified atom stereocenters. The Balaban J connectivity index is 5.18. The number of unbranched alkanes of at least 4 members (excludes halogenated alkanes) is 48. The van der Waals surface area contributed by atoms with Crippen molar-refractivity contribution < 1.29 is 80.2 Å². The maximum Gasteiger partial charge on any atom is 0.472 e. The number of hydrogen-bond donors (Lipinski definition) is 3. The zero-order valence-corrected chi connectivity index (χ0v) is 63.6. The van der Waals surface area contributed by atoms with Crippen molar-refractivity contribution in [1.82, 2.24) is 0 Å². The number of carbonyl (C=O) groups excluding carboxylic acids is 4. The highest BCUT2D eigenvalue weighted by molar-refractivity contribution is 7.47. The van der Waals surface area contributed by atoms with Crippen LogP contribution in [0.2, 0.25) is 0 Å².